The van der Waals surface area contributed by atoms with Gasteiger partial charge >= 0.3 is 0 Å². The first kappa shape index (κ1) is 16.5. The van der Waals surface area contributed by atoms with Crippen molar-refractivity contribution in [3.05, 3.63) is 0 Å². The lowest BCUT2D eigenvalue weighted by molar-refractivity contribution is -0.133. The number of carbonyl (C=O) groups is 1. The molecule has 1 fully saturated rings. The van der Waals surface area contributed by atoms with Crippen molar-refractivity contribution in [3.63, 3.8) is 0 Å². The van der Waals surface area contributed by atoms with Crippen LogP contribution in [0.4, 0.5) is 0 Å². The third-order valence-corrected chi connectivity index (χ3v) is 5.44. The highest BCUT2D eigenvalue weighted by Gasteiger charge is 2.26. The van der Waals surface area contributed by atoms with E-state index in [0.717, 1.165) is 19.5 Å². The van der Waals surface area contributed by atoms with E-state index in [1.807, 2.05) is 18.7 Å². The molecule has 19 heavy (non-hydrogen) atoms. The van der Waals surface area contributed by atoms with Crippen molar-refractivity contribution < 1.29 is 13.2 Å². The molecular weight excluding hydrogens is 262 g/mol. The van der Waals surface area contributed by atoms with Gasteiger partial charge in [0.1, 0.15) is 0 Å². The van der Waals surface area contributed by atoms with Crippen LogP contribution in [0.25, 0.3) is 0 Å². The molecule has 0 aromatic heterocycles. The molecule has 1 aliphatic heterocycles. The molecule has 1 saturated heterocycles. The maximum Gasteiger partial charge on any atom is 0.223 e. The Labute approximate surface area is 117 Å². The molecule has 0 radical (unpaired) electrons. The van der Waals surface area contributed by atoms with E-state index >= 15 is 0 Å². The van der Waals surface area contributed by atoms with Gasteiger partial charge < -0.3 is 4.90 Å². The van der Waals surface area contributed by atoms with Gasteiger partial charge in [-0.05, 0) is 24.2 Å². The first-order valence-corrected chi connectivity index (χ1v) is 9.00. The zero-order valence-corrected chi connectivity index (χ0v) is 13.4. The number of carbonyl (C=O) groups excluding carboxylic acids is 1. The summed E-state index contributed by atoms with van der Waals surface area (Å²) < 4.78 is 23.6. The molecule has 0 aromatic rings. The fourth-order valence-corrected chi connectivity index (χ4v) is 4.53. The van der Waals surface area contributed by atoms with Crippen LogP contribution in [0.1, 0.15) is 40.5 Å². The summed E-state index contributed by atoms with van der Waals surface area (Å²) in [5.74, 6) is 1.30. The van der Waals surface area contributed by atoms with E-state index in [1.165, 1.54) is 0 Å². The van der Waals surface area contributed by atoms with Crippen molar-refractivity contribution in [2.24, 2.45) is 17.8 Å². The SMILES string of the molecule is CC(C)CS(=O)(=O)CCC(=O)N1C[C@H](C)C[C@H](C)C1. The molecule has 5 heteroatoms. The molecule has 0 unspecified atom stereocenters. The summed E-state index contributed by atoms with van der Waals surface area (Å²) in [5, 5.41) is 0. The number of hydrogen-bond acceptors (Lipinski definition) is 3. The summed E-state index contributed by atoms with van der Waals surface area (Å²) in [4.78, 5) is 13.9. The van der Waals surface area contributed by atoms with Crippen molar-refractivity contribution in [2.75, 3.05) is 24.6 Å². The smallest absolute Gasteiger partial charge is 0.223 e. The zero-order valence-electron chi connectivity index (χ0n) is 12.6. The Kier molecular flexibility index (Phi) is 5.83. The van der Waals surface area contributed by atoms with Crippen LogP contribution < -0.4 is 0 Å². The maximum absolute atomic E-state index is 12.1. The summed E-state index contributed by atoms with van der Waals surface area (Å²) in [7, 11) is -3.09. The first-order valence-electron chi connectivity index (χ1n) is 7.18. The fraction of sp³-hybridized carbons (Fsp3) is 0.929. The molecule has 112 valence electrons. The molecule has 0 bridgehead atoms. The summed E-state index contributed by atoms with van der Waals surface area (Å²) in [5.41, 5.74) is 0. The van der Waals surface area contributed by atoms with Crippen molar-refractivity contribution in [2.45, 2.75) is 40.5 Å². The van der Waals surface area contributed by atoms with Crippen molar-refractivity contribution in [1.82, 2.24) is 4.90 Å². The lowest BCUT2D eigenvalue weighted by Gasteiger charge is -2.35. The van der Waals surface area contributed by atoms with Crippen LogP contribution in [-0.4, -0.2) is 43.8 Å². The highest BCUT2D eigenvalue weighted by atomic mass is 32.2. The van der Waals surface area contributed by atoms with Gasteiger partial charge in [-0.25, -0.2) is 8.42 Å². The highest BCUT2D eigenvalue weighted by Crippen LogP contribution is 2.21. The van der Waals surface area contributed by atoms with Crippen LogP contribution in [0, 0.1) is 17.8 Å². The van der Waals surface area contributed by atoms with Crippen LogP contribution in [0.3, 0.4) is 0 Å². The molecule has 1 aliphatic rings. The fourth-order valence-electron chi connectivity index (χ4n) is 2.86. The molecule has 0 saturated carbocycles. The lowest BCUT2D eigenvalue weighted by atomic mass is 9.92. The average Bonchev–Trinajstić information content (AvgIpc) is 2.22. The van der Waals surface area contributed by atoms with E-state index in [-0.39, 0.29) is 29.8 Å². The van der Waals surface area contributed by atoms with Crippen LogP contribution in [0.5, 0.6) is 0 Å². The minimum Gasteiger partial charge on any atom is -0.342 e. The van der Waals surface area contributed by atoms with Gasteiger partial charge in [0.2, 0.25) is 5.91 Å². The van der Waals surface area contributed by atoms with E-state index in [9.17, 15) is 13.2 Å². The van der Waals surface area contributed by atoms with E-state index in [2.05, 4.69) is 13.8 Å². The molecule has 0 N–H and O–H groups in total. The summed E-state index contributed by atoms with van der Waals surface area (Å²) >= 11 is 0. The zero-order chi connectivity index (χ0) is 14.6. The van der Waals surface area contributed by atoms with Crippen molar-refractivity contribution >= 4 is 15.7 Å². The molecule has 1 rings (SSSR count). The Hall–Kier alpha value is -0.580. The molecule has 1 amide bonds. The lowest BCUT2D eigenvalue weighted by Crippen LogP contribution is -2.43. The van der Waals surface area contributed by atoms with Gasteiger partial charge in [-0.15, -0.1) is 0 Å². The van der Waals surface area contributed by atoms with Crippen LogP contribution in [0.15, 0.2) is 0 Å². The minimum atomic E-state index is -3.09. The summed E-state index contributed by atoms with van der Waals surface area (Å²) in [6.45, 7) is 9.60. The van der Waals surface area contributed by atoms with Gasteiger partial charge in [0, 0.05) is 19.5 Å². The Morgan fingerprint density at radius 1 is 1.21 bits per heavy atom. The molecule has 0 spiro atoms. The molecule has 2 atom stereocenters. The van der Waals surface area contributed by atoms with E-state index in [1.54, 1.807) is 0 Å². The third kappa shape index (κ3) is 5.93. The molecule has 0 aliphatic carbocycles. The Bertz CT molecular complexity index is 393. The number of likely N-dealkylation sites (tertiary alicyclic amines) is 1. The Morgan fingerprint density at radius 2 is 1.74 bits per heavy atom. The van der Waals surface area contributed by atoms with Crippen LogP contribution in [-0.2, 0) is 14.6 Å². The number of sulfone groups is 1. The van der Waals surface area contributed by atoms with Gasteiger partial charge in [0.05, 0.1) is 11.5 Å². The van der Waals surface area contributed by atoms with Gasteiger partial charge in [-0.1, -0.05) is 27.7 Å². The van der Waals surface area contributed by atoms with Gasteiger partial charge in [-0.3, -0.25) is 4.79 Å². The normalized spacial score (nSPS) is 24.8. The Morgan fingerprint density at radius 3 is 2.21 bits per heavy atom. The van der Waals surface area contributed by atoms with Gasteiger partial charge in [0.15, 0.2) is 9.84 Å². The first-order chi connectivity index (χ1) is 8.69. The monoisotopic (exact) mass is 289 g/mol. The van der Waals surface area contributed by atoms with E-state index < -0.39 is 9.84 Å². The average molecular weight is 289 g/mol. The Balaban J connectivity index is 2.47. The van der Waals surface area contributed by atoms with E-state index in [4.69, 9.17) is 0 Å². The second-order valence-electron chi connectivity index (χ2n) is 6.50. The van der Waals surface area contributed by atoms with Crippen LogP contribution in [0.2, 0.25) is 0 Å². The molecule has 4 nitrogen and oxygen atoms in total. The topological polar surface area (TPSA) is 54.5 Å². The third-order valence-electron chi connectivity index (χ3n) is 3.44. The number of hydrogen-bond donors (Lipinski definition) is 0. The van der Waals surface area contributed by atoms with Crippen molar-refractivity contribution in [1.29, 1.82) is 0 Å². The second kappa shape index (κ2) is 6.73. The number of amides is 1. The summed E-state index contributed by atoms with van der Waals surface area (Å²) in [6.07, 6.45) is 1.28. The van der Waals surface area contributed by atoms with Gasteiger partial charge in [-0.2, -0.15) is 0 Å². The second-order valence-corrected chi connectivity index (χ2v) is 8.73. The predicted octanol–water partition coefficient (Wildman–Crippen LogP) is 1.95. The molecule has 0 aromatic carbocycles. The standard InChI is InChI=1S/C14H27NO3S/c1-11(2)10-19(17,18)6-5-14(16)15-8-12(3)7-13(4)9-15/h11-13H,5-10H2,1-4H3/t12-,13+. The molecular formula is C14H27NO3S. The molecule has 1 heterocycles. The predicted molar refractivity (Wildman–Crippen MR) is 77.6 cm³/mol. The van der Waals surface area contributed by atoms with E-state index in [0.29, 0.717) is 11.8 Å². The number of rotatable bonds is 5. The number of piperidine rings is 1. The van der Waals surface area contributed by atoms with Crippen LogP contribution >= 0.6 is 0 Å². The summed E-state index contributed by atoms with van der Waals surface area (Å²) in [6, 6.07) is 0. The van der Waals surface area contributed by atoms with Crippen molar-refractivity contribution in [3.8, 4) is 0 Å². The quantitative estimate of drug-likeness (QED) is 0.777. The highest BCUT2D eigenvalue weighted by molar-refractivity contribution is 7.91. The minimum absolute atomic E-state index is 0.00858. The number of nitrogens with zero attached hydrogens (tertiary/aromatic N) is 1. The van der Waals surface area contributed by atoms with Gasteiger partial charge in [0.25, 0.3) is 0 Å². The maximum atomic E-state index is 12.1. The largest absolute Gasteiger partial charge is 0.342 e.